The number of fused-ring (bicyclic) bond motifs is 2. The van der Waals surface area contributed by atoms with E-state index in [1.807, 2.05) is 0 Å². The van der Waals surface area contributed by atoms with Gasteiger partial charge in [-0.2, -0.15) is 5.10 Å². The van der Waals surface area contributed by atoms with Gasteiger partial charge in [-0.15, -0.1) is 0 Å². The molecule has 0 radical (unpaired) electrons. The molecule has 3 aromatic rings. The first-order valence-electron chi connectivity index (χ1n) is 9.64. The molecule has 2 amide bonds. The number of amides is 2. The number of nitrogens with zero attached hydrogens (tertiary/aromatic N) is 3. The van der Waals surface area contributed by atoms with Gasteiger partial charge in [-0.3, -0.25) is 19.3 Å². The van der Waals surface area contributed by atoms with E-state index in [2.05, 4.69) is 10.4 Å². The lowest BCUT2D eigenvalue weighted by atomic mass is 9.95. The third kappa shape index (κ3) is 3.05. The van der Waals surface area contributed by atoms with Crippen molar-refractivity contribution in [2.75, 3.05) is 10.2 Å². The van der Waals surface area contributed by atoms with Crippen LogP contribution in [0.15, 0.2) is 53.3 Å². The van der Waals surface area contributed by atoms with Crippen molar-refractivity contribution in [2.24, 2.45) is 0 Å². The SMILES string of the molecule is CC(C(=O)N1c2ccccc2NC(=O)C1(C)C)n1nc(C(=O)O)c2ccccc2c1=O. The lowest BCUT2D eigenvalue weighted by molar-refractivity contribution is -0.128. The molecule has 0 saturated carbocycles. The molecule has 158 valence electrons. The Balaban J connectivity index is 1.88. The Hall–Kier alpha value is -4.01. The van der Waals surface area contributed by atoms with E-state index in [9.17, 15) is 24.3 Å². The molecule has 0 saturated heterocycles. The molecule has 1 aliphatic rings. The first-order valence-corrected chi connectivity index (χ1v) is 9.64. The maximum atomic E-state index is 13.6. The third-order valence-corrected chi connectivity index (χ3v) is 5.48. The van der Waals surface area contributed by atoms with Crippen LogP contribution >= 0.6 is 0 Å². The lowest BCUT2D eigenvalue weighted by Crippen LogP contribution is -2.60. The summed E-state index contributed by atoms with van der Waals surface area (Å²) in [5.74, 6) is -2.25. The second kappa shape index (κ2) is 7.05. The minimum Gasteiger partial charge on any atom is -0.476 e. The van der Waals surface area contributed by atoms with Gasteiger partial charge < -0.3 is 10.4 Å². The zero-order chi connectivity index (χ0) is 22.5. The number of aromatic nitrogens is 2. The summed E-state index contributed by atoms with van der Waals surface area (Å²) in [4.78, 5) is 52.4. The molecule has 1 aromatic heterocycles. The molecule has 0 fully saturated rings. The topological polar surface area (TPSA) is 122 Å². The molecule has 1 aliphatic heterocycles. The number of aromatic carboxylic acids is 1. The molecule has 0 bridgehead atoms. The summed E-state index contributed by atoms with van der Waals surface area (Å²) < 4.78 is 0.874. The molecule has 4 rings (SSSR count). The largest absolute Gasteiger partial charge is 0.476 e. The van der Waals surface area contributed by atoms with Crippen LogP contribution < -0.4 is 15.8 Å². The number of carbonyl (C=O) groups excluding carboxylic acids is 2. The summed E-state index contributed by atoms with van der Waals surface area (Å²) >= 11 is 0. The monoisotopic (exact) mass is 420 g/mol. The Morgan fingerprint density at radius 2 is 1.65 bits per heavy atom. The average Bonchev–Trinajstić information content (AvgIpc) is 2.74. The molecule has 2 heterocycles. The zero-order valence-electron chi connectivity index (χ0n) is 17.1. The second-order valence-electron chi connectivity index (χ2n) is 7.83. The Morgan fingerprint density at radius 3 is 2.32 bits per heavy atom. The fraction of sp³-hybridized carbons (Fsp3) is 0.227. The minimum absolute atomic E-state index is 0.144. The van der Waals surface area contributed by atoms with Crippen molar-refractivity contribution < 1.29 is 19.5 Å². The van der Waals surface area contributed by atoms with Crippen molar-refractivity contribution in [3.8, 4) is 0 Å². The first-order chi connectivity index (χ1) is 14.6. The quantitative estimate of drug-likeness (QED) is 0.671. The standard InChI is InChI=1S/C22H20N4O5/c1-12(26-19(28)14-9-5-4-8-13(14)17(24-26)20(29)30)18(27)25-16-11-7-6-10-15(16)23-21(31)22(25,2)3/h4-12H,1-3H3,(H,23,31)(H,29,30). The molecule has 2 aromatic carbocycles. The van der Waals surface area contributed by atoms with Gasteiger partial charge in [-0.05, 0) is 39.0 Å². The number of carbonyl (C=O) groups is 3. The van der Waals surface area contributed by atoms with E-state index in [4.69, 9.17) is 0 Å². The Bertz CT molecular complexity index is 1310. The Morgan fingerprint density at radius 1 is 1.03 bits per heavy atom. The molecule has 0 aliphatic carbocycles. The van der Waals surface area contributed by atoms with Gasteiger partial charge in [0, 0.05) is 5.39 Å². The highest BCUT2D eigenvalue weighted by molar-refractivity contribution is 6.14. The van der Waals surface area contributed by atoms with Crippen molar-refractivity contribution in [3.63, 3.8) is 0 Å². The summed E-state index contributed by atoms with van der Waals surface area (Å²) in [6.45, 7) is 4.66. The van der Waals surface area contributed by atoms with Crippen LogP contribution in [0.4, 0.5) is 11.4 Å². The van der Waals surface area contributed by atoms with E-state index in [1.54, 1.807) is 50.2 Å². The highest BCUT2D eigenvalue weighted by Crippen LogP contribution is 2.38. The van der Waals surface area contributed by atoms with E-state index in [-0.39, 0.29) is 22.4 Å². The maximum Gasteiger partial charge on any atom is 0.357 e. The molecular weight excluding hydrogens is 400 g/mol. The lowest BCUT2D eigenvalue weighted by Gasteiger charge is -2.43. The number of carboxylic acid groups (broad SMARTS) is 1. The summed E-state index contributed by atoms with van der Waals surface area (Å²) in [5, 5.41) is 16.7. The number of anilines is 2. The second-order valence-corrected chi connectivity index (χ2v) is 7.83. The van der Waals surface area contributed by atoms with Gasteiger partial charge >= 0.3 is 5.97 Å². The first kappa shape index (κ1) is 20.3. The van der Waals surface area contributed by atoms with Gasteiger partial charge in [0.1, 0.15) is 11.6 Å². The van der Waals surface area contributed by atoms with Crippen molar-refractivity contribution in [1.29, 1.82) is 0 Å². The number of rotatable bonds is 3. The van der Waals surface area contributed by atoms with E-state index in [0.717, 1.165) is 4.68 Å². The predicted octanol–water partition coefficient (Wildman–Crippen LogP) is 2.42. The highest BCUT2D eigenvalue weighted by atomic mass is 16.4. The molecule has 9 nitrogen and oxygen atoms in total. The number of carboxylic acids is 1. The fourth-order valence-corrected chi connectivity index (χ4v) is 3.76. The highest BCUT2D eigenvalue weighted by Gasteiger charge is 2.45. The van der Waals surface area contributed by atoms with Gasteiger partial charge in [-0.25, -0.2) is 9.48 Å². The van der Waals surface area contributed by atoms with Crippen LogP contribution in [0.5, 0.6) is 0 Å². The van der Waals surface area contributed by atoms with Crippen LogP contribution in [0.25, 0.3) is 10.8 Å². The van der Waals surface area contributed by atoms with Crippen molar-refractivity contribution in [2.45, 2.75) is 32.4 Å². The maximum absolute atomic E-state index is 13.6. The van der Waals surface area contributed by atoms with Crippen molar-refractivity contribution >= 4 is 39.9 Å². The van der Waals surface area contributed by atoms with E-state index >= 15 is 0 Å². The predicted molar refractivity (Wildman–Crippen MR) is 114 cm³/mol. The number of benzene rings is 2. The van der Waals surface area contributed by atoms with Gasteiger partial charge in [0.25, 0.3) is 11.5 Å². The molecule has 2 N–H and O–H groups in total. The summed E-state index contributed by atoms with van der Waals surface area (Å²) in [5.41, 5.74) is -1.20. The summed E-state index contributed by atoms with van der Waals surface area (Å²) in [6.07, 6.45) is 0. The van der Waals surface area contributed by atoms with Crippen LogP contribution in [0, 0.1) is 0 Å². The van der Waals surface area contributed by atoms with Gasteiger partial charge in [0.15, 0.2) is 5.69 Å². The van der Waals surface area contributed by atoms with Crippen LogP contribution in [0.2, 0.25) is 0 Å². The Kier molecular flexibility index (Phi) is 4.61. The molecule has 0 spiro atoms. The van der Waals surface area contributed by atoms with E-state index in [1.165, 1.54) is 24.0 Å². The Labute approximate surface area is 176 Å². The summed E-state index contributed by atoms with van der Waals surface area (Å²) in [6, 6.07) is 11.9. The van der Waals surface area contributed by atoms with Crippen LogP contribution in [0.1, 0.15) is 37.3 Å². The van der Waals surface area contributed by atoms with Gasteiger partial charge in [-0.1, -0.05) is 30.3 Å². The number of hydrogen-bond acceptors (Lipinski definition) is 5. The van der Waals surface area contributed by atoms with E-state index < -0.39 is 29.0 Å². The summed E-state index contributed by atoms with van der Waals surface area (Å²) in [7, 11) is 0. The molecule has 9 heteroatoms. The molecule has 31 heavy (non-hydrogen) atoms. The normalized spacial score (nSPS) is 15.8. The van der Waals surface area contributed by atoms with Gasteiger partial charge in [0.2, 0.25) is 5.91 Å². The van der Waals surface area contributed by atoms with Crippen LogP contribution in [-0.2, 0) is 9.59 Å². The van der Waals surface area contributed by atoms with Crippen LogP contribution in [0.3, 0.4) is 0 Å². The van der Waals surface area contributed by atoms with Crippen molar-refractivity contribution in [1.82, 2.24) is 9.78 Å². The number of para-hydroxylation sites is 2. The molecule has 1 atom stereocenters. The fourth-order valence-electron chi connectivity index (χ4n) is 3.76. The van der Waals surface area contributed by atoms with Crippen LogP contribution in [-0.4, -0.2) is 38.2 Å². The molecule has 1 unspecified atom stereocenters. The third-order valence-electron chi connectivity index (χ3n) is 5.48. The van der Waals surface area contributed by atoms with Crippen molar-refractivity contribution in [3.05, 3.63) is 64.6 Å². The zero-order valence-corrected chi connectivity index (χ0v) is 17.1. The minimum atomic E-state index is -1.31. The number of nitrogens with one attached hydrogen (secondary N) is 1. The smallest absolute Gasteiger partial charge is 0.357 e. The molecular formula is C22H20N4O5. The van der Waals surface area contributed by atoms with Gasteiger partial charge in [0.05, 0.1) is 16.8 Å². The number of hydrogen-bond donors (Lipinski definition) is 2. The average molecular weight is 420 g/mol. The van der Waals surface area contributed by atoms with E-state index in [0.29, 0.717) is 11.4 Å².